The minimum Gasteiger partial charge on any atom is -0.507 e. The highest BCUT2D eigenvalue weighted by molar-refractivity contribution is 9.10. The number of amides is 1. The lowest BCUT2D eigenvalue weighted by atomic mass is 10.1. The quantitative estimate of drug-likeness (QED) is 0.853. The van der Waals surface area contributed by atoms with Crippen LogP contribution in [0, 0.1) is 6.92 Å². The molecule has 0 radical (unpaired) electrons. The van der Waals surface area contributed by atoms with E-state index in [0.29, 0.717) is 10.7 Å². The van der Waals surface area contributed by atoms with Crippen molar-refractivity contribution in [3.63, 3.8) is 0 Å². The van der Waals surface area contributed by atoms with Crippen molar-refractivity contribution in [2.24, 2.45) is 0 Å². The van der Waals surface area contributed by atoms with Crippen molar-refractivity contribution in [1.29, 1.82) is 0 Å². The zero-order chi connectivity index (χ0) is 14.0. The number of anilines is 1. The Bertz CT molecular complexity index is 643. The number of aryl methyl sites for hydroxylation is 1. The van der Waals surface area contributed by atoms with Gasteiger partial charge in [0.25, 0.3) is 5.91 Å². The van der Waals surface area contributed by atoms with E-state index >= 15 is 0 Å². The second-order valence-corrected chi connectivity index (χ2v) is 5.39. The molecular weight excluding hydrogens is 330 g/mol. The number of benzene rings is 2. The third-order valence-corrected chi connectivity index (χ3v) is 3.50. The second kappa shape index (κ2) is 5.63. The standard InChI is InChI=1S/C14H11BrClNO2/c1-8-2-5-11(15)12(6-8)17-14(19)10-4-3-9(16)7-13(10)18/h2-7,18H,1H3,(H,17,19). The lowest BCUT2D eigenvalue weighted by molar-refractivity contribution is 0.102. The van der Waals surface area contributed by atoms with Crippen molar-refractivity contribution in [2.45, 2.75) is 6.92 Å². The second-order valence-electron chi connectivity index (χ2n) is 4.10. The van der Waals surface area contributed by atoms with Gasteiger partial charge < -0.3 is 10.4 Å². The minimum absolute atomic E-state index is 0.145. The molecule has 0 unspecified atom stereocenters. The SMILES string of the molecule is Cc1ccc(Br)c(NC(=O)c2ccc(Cl)cc2O)c1. The molecule has 2 aromatic rings. The normalized spacial score (nSPS) is 10.3. The lowest BCUT2D eigenvalue weighted by Gasteiger charge is -2.09. The van der Waals surface area contributed by atoms with Crippen LogP contribution < -0.4 is 5.32 Å². The lowest BCUT2D eigenvalue weighted by Crippen LogP contribution is -2.12. The van der Waals surface area contributed by atoms with Gasteiger partial charge in [0.05, 0.1) is 11.3 Å². The van der Waals surface area contributed by atoms with Crippen molar-refractivity contribution >= 4 is 39.1 Å². The molecule has 2 aromatic carbocycles. The number of phenols is 1. The molecule has 1 amide bonds. The van der Waals surface area contributed by atoms with Gasteiger partial charge in [-0.05, 0) is 58.7 Å². The van der Waals surface area contributed by atoms with Gasteiger partial charge >= 0.3 is 0 Å². The predicted octanol–water partition coefficient (Wildman–Crippen LogP) is 4.37. The largest absolute Gasteiger partial charge is 0.507 e. The number of hydrogen-bond acceptors (Lipinski definition) is 2. The summed E-state index contributed by atoms with van der Waals surface area (Å²) in [5.74, 6) is -0.533. The van der Waals surface area contributed by atoms with Gasteiger partial charge in [-0.2, -0.15) is 0 Å². The zero-order valence-electron chi connectivity index (χ0n) is 10.1. The minimum atomic E-state index is -0.388. The van der Waals surface area contributed by atoms with Gasteiger partial charge in [0.15, 0.2) is 0 Å². The fraction of sp³-hybridized carbons (Fsp3) is 0.0714. The van der Waals surface area contributed by atoms with Crippen molar-refractivity contribution < 1.29 is 9.90 Å². The summed E-state index contributed by atoms with van der Waals surface area (Å²) < 4.78 is 0.778. The van der Waals surface area contributed by atoms with E-state index in [1.54, 1.807) is 6.07 Å². The van der Waals surface area contributed by atoms with Gasteiger partial charge in [0.1, 0.15) is 5.75 Å². The van der Waals surface area contributed by atoms with Gasteiger partial charge in [-0.25, -0.2) is 0 Å². The summed E-state index contributed by atoms with van der Waals surface area (Å²) in [4.78, 5) is 12.1. The molecule has 0 aliphatic heterocycles. The number of aromatic hydroxyl groups is 1. The van der Waals surface area contributed by atoms with Crippen LogP contribution in [0.4, 0.5) is 5.69 Å². The number of halogens is 2. The van der Waals surface area contributed by atoms with Gasteiger partial charge in [-0.3, -0.25) is 4.79 Å². The Morgan fingerprint density at radius 2 is 2.00 bits per heavy atom. The highest BCUT2D eigenvalue weighted by Crippen LogP contribution is 2.26. The molecule has 3 nitrogen and oxygen atoms in total. The van der Waals surface area contributed by atoms with Gasteiger partial charge in [0.2, 0.25) is 0 Å². The first-order valence-electron chi connectivity index (χ1n) is 5.53. The Morgan fingerprint density at radius 3 is 2.68 bits per heavy atom. The Hall–Kier alpha value is -1.52. The van der Waals surface area contributed by atoms with E-state index in [0.717, 1.165) is 10.0 Å². The van der Waals surface area contributed by atoms with E-state index in [1.807, 2.05) is 25.1 Å². The van der Waals surface area contributed by atoms with E-state index in [-0.39, 0.29) is 17.2 Å². The van der Waals surface area contributed by atoms with Crippen molar-refractivity contribution in [3.05, 3.63) is 57.0 Å². The Morgan fingerprint density at radius 1 is 1.26 bits per heavy atom. The number of carbonyl (C=O) groups excluding carboxylic acids is 1. The molecule has 0 spiro atoms. The molecule has 19 heavy (non-hydrogen) atoms. The topological polar surface area (TPSA) is 49.3 Å². The molecule has 0 heterocycles. The summed E-state index contributed by atoms with van der Waals surface area (Å²) in [6.45, 7) is 1.93. The van der Waals surface area contributed by atoms with E-state index in [2.05, 4.69) is 21.2 Å². The zero-order valence-corrected chi connectivity index (χ0v) is 12.4. The maximum absolute atomic E-state index is 12.1. The highest BCUT2D eigenvalue weighted by atomic mass is 79.9. The molecule has 0 atom stereocenters. The molecule has 0 aliphatic rings. The number of carbonyl (C=O) groups is 1. The molecule has 0 aliphatic carbocycles. The molecular formula is C14H11BrClNO2. The molecule has 0 bridgehead atoms. The van der Waals surface area contributed by atoms with Crippen LogP contribution >= 0.6 is 27.5 Å². The summed E-state index contributed by atoms with van der Waals surface area (Å²) in [5.41, 5.74) is 1.86. The molecule has 0 saturated heterocycles. The third-order valence-electron chi connectivity index (χ3n) is 2.57. The maximum atomic E-state index is 12.1. The summed E-state index contributed by atoms with van der Waals surface area (Å²) >= 11 is 9.09. The van der Waals surface area contributed by atoms with Crippen LogP contribution in [-0.2, 0) is 0 Å². The van der Waals surface area contributed by atoms with Crippen LogP contribution in [0.1, 0.15) is 15.9 Å². The smallest absolute Gasteiger partial charge is 0.259 e. The third kappa shape index (κ3) is 3.28. The summed E-state index contributed by atoms with van der Waals surface area (Å²) in [7, 11) is 0. The van der Waals surface area contributed by atoms with Crippen LogP contribution in [0.5, 0.6) is 5.75 Å². The van der Waals surface area contributed by atoms with Crippen LogP contribution in [0.2, 0.25) is 5.02 Å². The van der Waals surface area contributed by atoms with E-state index in [1.165, 1.54) is 12.1 Å². The summed E-state index contributed by atoms with van der Waals surface area (Å²) in [6, 6.07) is 10.0. The molecule has 2 N–H and O–H groups in total. The summed E-state index contributed by atoms with van der Waals surface area (Å²) in [5, 5.41) is 12.8. The van der Waals surface area contributed by atoms with Gasteiger partial charge in [-0.1, -0.05) is 17.7 Å². The number of rotatable bonds is 2. The van der Waals surface area contributed by atoms with Crippen molar-refractivity contribution in [2.75, 3.05) is 5.32 Å². The first-order valence-corrected chi connectivity index (χ1v) is 6.70. The van der Waals surface area contributed by atoms with Crippen LogP contribution in [0.15, 0.2) is 40.9 Å². The average Bonchev–Trinajstić information content (AvgIpc) is 2.33. The molecule has 5 heteroatoms. The monoisotopic (exact) mass is 339 g/mol. The van der Waals surface area contributed by atoms with Crippen LogP contribution in [0.25, 0.3) is 0 Å². The number of hydrogen-bond donors (Lipinski definition) is 2. The molecule has 0 saturated carbocycles. The Labute approximate surface area is 124 Å². The summed E-state index contributed by atoms with van der Waals surface area (Å²) in [6.07, 6.45) is 0. The van der Waals surface area contributed by atoms with Crippen LogP contribution in [0.3, 0.4) is 0 Å². The fourth-order valence-corrected chi connectivity index (χ4v) is 2.13. The average molecular weight is 341 g/mol. The van der Waals surface area contributed by atoms with Gasteiger partial charge in [-0.15, -0.1) is 0 Å². The Balaban J connectivity index is 2.28. The first-order chi connectivity index (χ1) is 8.97. The Kier molecular flexibility index (Phi) is 4.12. The first kappa shape index (κ1) is 13.9. The predicted molar refractivity (Wildman–Crippen MR) is 79.9 cm³/mol. The molecule has 0 fully saturated rings. The van der Waals surface area contributed by atoms with E-state index in [9.17, 15) is 9.90 Å². The number of phenolic OH excluding ortho intramolecular Hbond substituents is 1. The van der Waals surface area contributed by atoms with Crippen LogP contribution in [-0.4, -0.2) is 11.0 Å². The maximum Gasteiger partial charge on any atom is 0.259 e. The molecule has 0 aromatic heterocycles. The molecule has 2 rings (SSSR count). The van der Waals surface area contributed by atoms with Crippen molar-refractivity contribution in [1.82, 2.24) is 0 Å². The van der Waals surface area contributed by atoms with Gasteiger partial charge in [0, 0.05) is 9.50 Å². The highest BCUT2D eigenvalue weighted by Gasteiger charge is 2.13. The number of nitrogens with one attached hydrogen (secondary N) is 1. The van der Waals surface area contributed by atoms with E-state index < -0.39 is 0 Å². The fourth-order valence-electron chi connectivity index (χ4n) is 1.62. The molecule has 98 valence electrons. The van der Waals surface area contributed by atoms with Crippen molar-refractivity contribution in [3.8, 4) is 5.75 Å². The van der Waals surface area contributed by atoms with E-state index in [4.69, 9.17) is 11.6 Å².